The predicted octanol–water partition coefficient (Wildman–Crippen LogP) is 0.607. The molecule has 0 radical (unpaired) electrons. The third kappa shape index (κ3) is 1.61. The number of rotatable bonds is 2. The Bertz CT molecular complexity index is 522. The normalized spacial score (nSPS) is 10.2. The van der Waals surface area contributed by atoms with Gasteiger partial charge in [0.2, 0.25) is 0 Å². The first-order valence-electron chi connectivity index (χ1n) is 4.36. The van der Waals surface area contributed by atoms with Gasteiger partial charge in [0.1, 0.15) is 5.75 Å². The van der Waals surface area contributed by atoms with Crippen LogP contribution >= 0.6 is 0 Å². The summed E-state index contributed by atoms with van der Waals surface area (Å²) in [6.45, 7) is 0. The summed E-state index contributed by atoms with van der Waals surface area (Å²) in [6.07, 6.45) is 1.44. The standard InChI is InChI=1S/C11H9NO3/c1-15-7-2-3-10-9(6-7)8(11(13)14)4-5-12-10/h2-6H,1H3,(H,13,14)/p-1. The Morgan fingerprint density at radius 2 is 2.20 bits per heavy atom. The number of carbonyl (C=O) groups excluding carboxylic acids is 1. The van der Waals surface area contributed by atoms with Gasteiger partial charge in [0.15, 0.2) is 0 Å². The lowest BCUT2D eigenvalue weighted by Gasteiger charge is -2.07. The van der Waals surface area contributed by atoms with Gasteiger partial charge in [-0.2, -0.15) is 0 Å². The van der Waals surface area contributed by atoms with Crippen molar-refractivity contribution in [2.45, 2.75) is 0 Å². The summed E-state index contributed by atoms with van der Waals surface area (Å²) in [7, 11) is 1.52. The zero-order chi connectivity index (χ0) is 10.8. The molecule has 0 aliphatic rings. The van der Waals surface area contributed by atoms with Crippen molar-refractivity contribution < 1.29 is 14.6 Å². The Balaban J connectivity index is 2.76. The number of carboxylic acid groups (broad SMARTS) is 1. The lowest BCUT2D eigenvalue weighted by atomic mass is 10.1. The molecule has 1 heterocycles. The average molecular weight is 202 g/mol. The molecule has 4 heteroatoms. The van der Waals surface area contributed by atoms with E-state index in [1.165, 1.54) is 19.4 Å². The summed E-state index contributed by atoms with van der Waals surface area (Å²) >= 11 is 0. The Kier molecular flexibility index (Phi) is 2.25. The molecule has 0 unspecified atom stereocenters. The second-order valence-electron chi connectivity index (χ2n) is 3.03. The second-order valence-corrected chi connectivity index (χ2v) is 3.03. The van der Waals surface area contributed by atoms with E-state index in [1.807, 2.05) is 0 Å². The van der Waals surface area contributed by atoms with Gasteiger partial charge in [-0.15, -0.1) is 0 Å². The van der Waals surface area contributed by atoms with Crippen molar-refractivity contribution in [2.24, 2.45) is 0 Å². The summed E-state index contributed by atoms with van der Waals surface area (Å²) in [6, 6.07) is 6.49. The van der Waals surface area contributed by atoms with E-state index in [0.717, 1.165) is 0 Å². The number of aromatic nitrogens is 1. The maximum absolute atomic E-state index is 10.8. The van der Waals surface area contributed by atoms with Gasteiger partial charge in [0.25, 0.3) is 0 Å². The van der Waals surface area contributed by atoms with Gasteiger partial charge in [0, 0.05) is 17.1 Å². The highest BCUT2D eigenvalue weighted by Crippen LogP contribution is 2.21. The van der Waals surface area contributed by atoms with Crippen molar-refractivity contribution in [3.63, 3.8) is 0 Å². The fraction of sp³-hybridized carbons (Fsp3) is 0.0909. The number of fused-ring (bicyclic) bond motifs is 1. The molecular formula is C11H8NO3-. The molecule has 0 bridgehead atoms. The fourth-order valence-electron chi connectivity index (χ4n) is 1.43. The minimum absolute atomic E-state index is 0.124. The average Bonchev–Trinajstić information content (AvgIpc) is 2.27. The van der Waals surface area contributed by atoms with Crippen LogP contribution in [0.5, 0.6) is 5.75 Å². The van der Waals surface area contributed by atoms with Crippen LogP contribution in [0.3, 0.4) is 0 Å². The smallest absolute Gasteiger partial charge is 0.119 e. The van der Waals surface area contributed by atoms with Crippen LogP contribution in [-0.2, 0) is 0 Å². The number of benzene rings is 1. The highest BCUT2D eigenvalue weighted by Gasteiger charge is 2.03. The molecule has 1 aromatic heterocycles. The van der Waals surface area contributed by atoms with Gasteiger partial charge in [0.05, 0.1) is 18.6 Å². The molecule has 0 atom stereocenters. The van der Waals surface area contributed by atoms with Crippen LogP contribution in [0.4, 0.5) is 0 Å². The van der Waals surface area contributed by atoms with Gasteiger partial charge in [-0.25, -0.2) is 0 Å². The Morgan fingerprint density at radius 1 is 1.40 bits per heavy atom. The van der Waals surface area contributed by atoms with E-state index in [0.29, 0.717) is 16.7 Å². The predicted molar refractivity (Wildman–Crippen MR) is 52.6 cm³/mol. The summed E-state index contributed by atoms with van der Waals surface area (Å²) in [4.78, 5) is 14.9. The topological polar surface area (TPSA) is 62.2 Å². The number of methoxy groups -OCH3 is 1. The molecule has 0 saturated carbocycles. The molecule has 15 heavy (non-hydrogen) atoms. The first-order valence-corrected chi connectivity index (χ1v) is 4.36. The van der Waals surface area contributed by atoms with Crippen molar-refractivity contribution in [3.05, 3.63) is 36.0 Å². The van der Waals surface area contributed by atoms with Crippen molar-refractivity contribution in [3.8, 4) is 5.75 Å². The third-order valence-corrected chi connectivity index (χ3v) is 2.17. The molecule has 0 amide bonds. The van der Waals surface area contributed by atoms with E-state index in [4.69, 9.17) is 4.74 Å². The molecule has 0 N–H and O–H groups in total. The van der Waals surface area contributed by atoms with Crippen LogP contribution in [0.1, 0.15) is 10.4 Å². The van der Waals surface area contributed by atoms with Gasteiger partial charge in [-0.3, -0.25) is 4.98 Å². The number of ether oxygens (including phenoxy) is 1. The van der Waals surface area contributed by atoms with Crippen LogP contribution < -0.4 is 9.84 Å². The summed E-state index contributed by atoms with van der Waals surface area (Å²) in [5.74, 6) is -0.617. The Hall–Kier alpha value is -2.10. The van der Waals surface area contributed by atoms with E-state index in [9.17, 15) is 9.90 Å². The SMILES string of the molecule is COc1ccc2nccc(C(=O)[O-])c2c1. The van der Waals surface area contributed by atoms with Crippen LogP contribution in [0.25, 0.3) is 10.9 Å². The van der Waals surface area contributed by atoms with Gasteiger partial charge < -0.3 is 14.6 Å². The molecule has 1 aromatic carbocycles. The van der Waals surface area contributed by atoms with E-state index >= 15 is 0 Å². The number of carbonyl (C=O) groups is 1. The Morgan fingerprint density at radius 3 is 2.87 bits per heavy atom. The molecule has 0 fully saturated rings. The molecular weight excluding hydrogens is 194 g/mol. The van der Waals surface area contributed by atoms with Crippen LogP contribution in [0.2, 0.25) is 0 Å². The first-order chi connectivity index (χ1) is 7.22. The van der Waals surface area contributed by atoms with Crippen molar-refractivity contribution in [1.82, 2.24) is 4.98 Å². The number of carboxylic acids is 1. The van der Waals surface area contributed by atoms with Crippen molar-refractivity contribution in [1.29, 1.82) is 0 Å². The summed E-state index contributed by atoms with van der Waals surface area (Å²) in [5, 5.41) is 11.4. The maximum Gasteiger partial charge on any atom is 0.119 e. The lowest BCUT2D eigenvalue weighted by Crippen LogP contribution is -2.22. The van der Waals surface area contributed by atoms with Crippen molar-refractivity contribution >= 4 is 16.9 Å². The van der Waals surface area contributed by atoms with Gasteiger partial charge in [-0.1, -0.05) is 0 Å². The fourth-order valence-corrected chi connectivity index (χ4v) is 1.43. The summed E-state index contributed by atoms with van der Waals surface area (Å²) < 4.78 is 5.02. The quantitative estimate of drug-likeness (QED) is 0.715. The van der Waals surface area contributed by atoms with E-state index in [1.54, 1.807) is 18.2 Å². The van der Waals surface area contributed by atoms with E-state index < -0.39 is 5.97 Å². The largest absolute Gasteiger partial charge is 0.545 e. The molecule has 2 rings (SSSR count). The van der Waals surface area contributed by atoms with Gasteiger partial charge >= 0.3 is 0 Å². The molecule has 0 saturated heterocycles. The zero-order valence-corrected chi connectivity index (χ0v) is 8.06. The number of nitrogens with zero attached hydrogens (tertiary/aromatic N) is 1. The van der Waals surface area contributed by atoms with Crippen LogP contribution in [0.15, 0.2) is 30.5 Å². The zero-order valence-electron chi connectivity index (χ0n) is 8.06. The minimum Gasteiger partial charge on any atom is -0.545 e. The molecule has 0 aliphatic carbocycles. The van der Waals surface area contributed by atoms with E-state index in [2.05, 4.69) is 4.98 Å². The maximum atomic E-state index is 10.8. The van der Waals surface area contributed by atoms with Crippen LogP contribution in [0, 0.1) is 0 Å². The molecule has 2 aromatic rings. The molecule has 76 valence electrons. The van der Waals surface area contributed by atoms with E-state index in [-0.39, 0.29) is 5.56 Å². The van der Waals surface area contributed by atoms with Crippen molar-refractivity contribution in [2.75, 3.05) is 7.11 Å². The highest BCUT2D eigenvalue weighted by atomic mass is 16.5. The molecule has 4 nitrogen and oxygen atoms in total. The van der Waals surface area contributed by atoms with Crippen LogP contribution in [-0.4, -0.2) is 18.1 Å². The minimum atomic E-state index is -1.21. The third-order valence-electron chi connectivity index (χ3n) is 2.17. The number of aromatic carboxylic acids is 1. The number of pyridine rings is 1. The second kappa shape index (κ2) is 3.57. The first kappa shape index (κ1) is 9.45. The monoisotopic (exact) mass is 202 g/mol. The lowest BCUT2D eigenvalue weighted by molar-refractivity contribution is -0.254. The molecule has 0 spiro atoms. The Labute approximate surface area is 86.1 Å². The van der Waals surface area contributed by atoms with Gasteiger partial charge in [-0.05, 0) is 24.3 Å². The number of hydrogen-bond acceptors (Lipinski definition) is 4. The summed E-state index contributed by atoms with van der Waals surface area (Å²) in [5.41, 5.74) is 0.733. The highest BCUT2D eigenvalue weighted by molar-refractivity contribution is 6.01. The number of hydrogen-bond donors (Lipinski definition) is 0. The molecule has 0 aliphatic heterocycles.